The lowest BCUT2D eigenvalue weighted by Gasteiger charge is -2.32. The summed E-state index contributed by atoms with van der Waals surface area (Å²) in [5.74, 6) is -0.473. The molecule has 0 bridgehead atoms. The molecule has 1 saturated heterocycles. The Balaban J connectivity index is 1.74. The fourth-order valence-electron chi connectivity index (χ4n) is 4.13. The summed E-state index contributed by atoms with van der Waals surface area (Å²) in [5.41, 5.74) is 2.70. The van der Waals surface area contributed by atoms with Crippen molar-refractivity contribution < 1.29 is 13.2 Å². The number of carbonyl (C=O) groups is 1. The topological polar surface area (TPSA) is 54.5 Å². The molecule has 0 saturated carbocycles. The maximum Gasteiger partial charge on any atom is 0.235 e. The van der Waals surface area contributed by atoms with Crippen LogP contribution in [0.3, 0.4) is 0 Å². The van der Waals surface area contributed by atoms with Crippen LogP contribution in [0, 0.1) is 0 Å². The Bertz CT molecular complexity index is 1090. The summed E-state index contributed by atoms with van der Waals surface area (Å²) < 4.78 is 24.4. The molecular weight excluding hydrogens is 430 g/mol. The zero-order valence-electron chi connectivity index (χ0n) is 17.0. The number of hydrogen-bond donors (Lipinski definition) is 0. The number of hydrogen-bond acceptors (Lipinski definition) is 3. The van der Waals surface area contributed by atoms with Gasteiger partial charge in [0.25, 0.3) is 0 Å². The first-order chi connectivity index (χ1) is 14.9. The highest BCUT2D eigenvalue weighted by atomic mass is 35.5. The van der Waals surface area contributed by atoms with Gasteiger partial charge >= 0.3 is 0 Å². The zero-order chi connectivity index (χ0) is 21.8. The standard InChI is InChI=1S/C25H24ClNO3S/c26-22-13-11-19(12-14-22)17-27(23-15-16-31(29,30)18-23)25(28)24(20-7-3-1-4-8-20)21-9-5-2-6-10-21/h1-14,23-24H,15-18H2. The number of nitrogens with zero attached hydrogens (tertiary/aromatic N) is 1. The van der Waals surface area contributed by atoms with Crippen LogP contribution in [-0.4, -0.2) is 36.8 Å². The molecule has 3 aromatic carbocycles. The summed E-state index contributed by atoms with van der Waals surface area (Å²) in [5, 5.41) is 0.622. The molecule has 0 N–H and O–H groups in total. The maximum absolute atomic E-state index is 14.0. The highest BCUT2D eigenvalue weighted by Gasteiger charge is 2.37. The van der Waals surface area contributed by atoms with Gasteiger partial charge in [0.05, 0.1) is 17.4 Å². The summed E-state index contributed by atoms with van der Waals surface area (Å²) in [6, 6.07) is 26.3. The van der Waals surface area contributed by atoms with Crippen molar-refractivity contribution in [1.82, 2.24) is 4.90 Å². The third-order valence-electron chi connectivity index (χ3n) is 5.71. The summed E-state index contributed by atoms with van der Waals surface area (Å²) in [6.45, 7) is 0.340. The SMILES string of the molecule is O=C(C(c1ccccc1)c1ccccc1)N(Cc1ccc(Cl)cc1)C1CCS(=O)(=O)C1. The maximum atomic E-state index is 14.0. The molecule has 31 heavy (non-hydrogen) atoms. The number of sulfone groups is 1. The molecule has 0 spiro atoms. The minimum Gasteiger partial charge on any atom is -0.334 e. The summed E-state index contributed by atoms with van der Waals surface area (Å²) >= 11 is 6.03. The lowest BCUT2D eigenvalue weighted by atomic mass is 9.89. The molecular formula is C25H24ClNO3S. The fraction of sp³-hybridized carbons (Fsp3) is 0.240. The second-order valence-electron chi connectivity index (χ2n) is 7.90. The molecule has 1 unspecified atom stereocenters. The second kappa shape index (κ2) is 9.25. The lowest BCUT2D eigenvalue weighted by Crippen LogP contribution is -2.43. The number of carbonyl (C=O) groups excluding carboxylic acids is 1. The van der Waals surface area contributed by atoms with Crippen LogP contribution in [0.25, 0.3) is 0 Å². The predicted octanol–water partition coefficient (Wildman–Crippen LogP) is 4.69. The Morgan fingerprint density at radius 3 is 1.94 bits per heavy atom. The van der Waals surface area contributed by atoms with Crippen molar-refractivity contribution in [3.05, 3.63) is 107 Å². The van der Waals surface area contributed by atoms with Gasteiger partial charge in [-0.1, -0.05) is 84.4 Å². The van der Waals surface area contributed by atoms with Crippen molar-refractivity contribution in [2.45, 2.75) is 24.9 Å². The third kappa shape index (κ3) is 5.17. The van der Waals surface area contributed by atoms with Gasteiger partial charge in [-0.15, -0.1) is 0 Å². The first-order valence-electron chi connectivity index (χ1n) is 10.3. The summed E-state index contributed by atoms with van der Waals surface area (Å²) in [6.07, 6.45) is 0.456. The first kappa shape index (κ1) is 21.6. The van der Waals surface area contributed by atoms with Crippen LogP contribution >= 0.6 is 11.6 Å². The molecule has 1 fully saturated rings. The van der Waals surface area contributed by atoms with Gasteiger partial charge in [0.15, 0.2) is 9.84 Å². The van der Waals surface area contributed by atoms with E-state index >= 15 is 0 Å². The highest BCUT2D eigenvalue weighted by Crippen LogP contribution is 2.31. The van der Waals surface area contributed by atoms with Crippen LogP contribution in [0.1, 0.15) is 29.0 Å². The summed E-state index contributed by atoms with van der Waals surface area (Å²) in [7, 11) is -3.14. The third-order valence-corrected chi connectivity index (χ3v) is 7.71. The van der Waals surface area contributed by atoms with Crippen LogP contribution in [0.2, 0.25) is 5.02 Å². The van der Waals surface area contributed by atoms with E-state index in [4.69, 9.17) is 11.6 Å². The van der Waals surface area contributed by atoms with Crippen molar-refractivity contribution >= 4 is 27.3 Å². The average Bonchev–Trinajstić information content (AvgIpc) is 3.14. The van der Waals surface area contributed by atoms with E-state index in [2.05, 4.69) is 0 Å². The average molecular weight is 454 g/mol. The number of halogens is 1. The van der Waals surface area contributed by atoms with E-state index < -0.39 is 15.8 Å². The fourth-order valence-corrected chi connectivity index (χ4v) is 5.99. The van der Waals surface area contributed by atoms with Crippen LogP contribution in [0.15, 0.2) is 84.9 Å². The number of benzene rings is 3. The van der Waals surface area contributed by atoms with Gasteiger partial charge < -0.3 is 4.90 Å². The van der Waals surface area contributed by atoms with E-state index in [0.717, 1.165) is 16.7 Å². The smallest absolute Gasteiger partial charge is 0.235 e. The van der Waals surface area contributed by atoms with Crippen molar-refractivity contribution in [3.63, 3.8) is 0 Å². The Morgan fingerprint density at radius 2 is 1.45 bits per heavy atom. The van der Waals surface area contributed by atoms with Gasteiger partial charge in [-0.3, -0.25) is 4.79 Å². The Hall–Kier alpha value is -2.63. The Kier molecular flexibility index (Phi) is 6.44. The Morgan fingerprint density at radius 1 is 0.903 bits per heavy atom. The van der Waals surface area contributed by atoms with Crippen molar-refractivity contribution in [1.29, 1.82) is 0 Å². The quantitative estimate of drug-likeness (QED) is 0.544. The van der Waals surface area contributed by atoms with Gasteiger partial charge in [0, 0.05) is 17.6 Å². The van der Waals surface area contributed by atoms with Crippen molar-refractivity contribution in [2.75, 3.05) is 11.5 Å². The van der Waals surface area contributed by atoms with E-state index in [1.165, 1.54) is 0 Å². The van der Waals surface area contributed by atoms with Crippen molar-refractivity contribution in [3.8, 4) is 0 Å². The minimum absolute atomic E-state index is 0.00261. The number of rotatable bonds is 6. The molecule has 0 aliphatic carbocycles. The van der Waals surface area contributed by atoms with Crippen LogP contribution in [0.5, 0.6) is 0 Å². The minimum atomic E-state index is -3.14. The van der Waals surface area contributed by atoms with Crippen LogP contribution < -0.4 is 0 Å². The van der Waals surface area contributed by atoms with Crippen LogP contribution in [0.4, 0.5) is 0 Å². The molecule has 6 heteroatoms. The molecule has 4 nitrogen and oxygen atoms in total. The monoisotopic (exact) mass is 453 g/mol. The first-order valence-corrected chi connectivity index (χ1v) is 12.5. The normalized spacial score (nSPS) is 17.5. The van der Waals surface area contributed by atoms with E-state index in [1.807, 2.05) is 72.8 Å². The lowest BCUT2D eigenvalue weighted by molar-refractivity contribution is -0.134. The van der Waals surface area contributed by atoms with E-state index in [-0.39, 0.29) is 23.5 Å². The van der Waals surface area contributed by atoms with Gasteiger partial charge in [-0.2, -0.15) is 0 Å². The molecule has 1 aliphatic rings. The van der Waals surface area contributed by atoms with Gasteiger partial charge in [0.1, 0.15) is 0 Å². The highest BCUT2D eigenvalue weighted by molar-refractivity contribution is 7.91. The summed E-state index contributed by atoms with van der Waals surface area (Å²) in [4.78, 5) is 15.8. The second-order valence-corrected chi connectivity index (χ2v) is 10.6. The molecule has 1 heterocycles. The van der Waals surface area contributed by atoms with Crippen LogP contribution in [-0.2, 0) is 21.2 Å². The molecule has 0 aromatic heterocycles. The Labute approximate surface area is 188 Å². The molecule has 3 aromatic rings. The molecule has 0 radical (unpaired) electrons. The van der Waals surface area contributed by atoms with Gasteiger partial charge in [-0.25, -0.2) is 8.42 Å². The predicted molar refractivity (Wildman–Crippen MR) is 124 cm³/mol. The largest absolute Gasteiger partial charge is 0.334 e. The molecule has 1 amide bonds. The van der Waals surface area contributed by atoms with E-state index in [9.17, 15) is 13.2 Å². The van der Waals surface area contributed by atoms with Gasteiger partial charge in [0.2, 0.25) is 5.91 Å². The molecule has 160 valence electrons. The van der Waals surface area contributed by atoms with Gasteiger partial charge in [-0.05, 0) is 35.2 Å². The zero-order valence-corrected chi connectivity index (χ0v) is 18.6. The number of amides is 1. The molecule has 4 rings (SSSR count). The van der Waals surface area contributed by atoms with E-state index in [0.29, 0.717) is 18.0 Å². The molecule has 1 atom stereocenters. The van der Waals surface area contributed by atoms with Crippen molar-refractivity contribution in [2.24, 2.45) is 0 Å². The molecule has 1 aliphatic heterocycles. The van der Waals surface area contributed by atoms with E-state index in [1.54, 1.807) is 17.0 Å².